The molecule has 0 aliphatic carbocycles. The fraction of sp³-hybridized carbons (Fsp3) is 0.316. The number of H-pyrrole nitrogens is 1. The normalized spacial score (nSPS) is 10.0. The molecule has 0 bridgehead atoms. The number of carboxylic acid groups (broad SMARTS) is 1. The van der Waals surface area contributed by atoms with Crippen molar-refractivity contribution in [3.8, 4) is 0 Å². The average molecular weight is 342 g/mol. The van der Waals surface area contributed by atoms with Crippen LogP contribution in [-0.4, -0.2) is 38.6 Å². The van der Waals surface area contributed by atoms with Crippen LogP contribution in [0.2, 0.25) is 0 Å². The van der Waals surface area contributed by atoms with Crippen molar-refractivity contribution in [2.75, 3.05) is 0 Å². The summed E-state index contributed by atoms with van der Waals surface area (Å²) >= 11 is 0. The lowest BCUT2D eigenvalue weighted by Gasteiger charge is -2.10. The Bertz CT molecular complexity index is 703. The van der Waals surface area contributed by atoms with Gasteiger partial charge in [-0.25, -0.2) is 4.79 Å². The van der Waals surface area contributed by atoms with Crippen LogP contribution in [0.5, 0.6) is 0 Å². The van der Waals surface area contributed by atoms with Crippen molar-refractivity contribution in [3.63, 3.8) is 0 Å². The molecule has 0 atom stereocenters. The van der Waals surface area contributed by atoms with E-state index in [1.54, 1.807) is 30.3 Å². The van der Waals surface area contributed by atoms with Crippen LogP contribution in [0.4, 0.5) is 0 Å². The zero-order valence-corrected chi connectivity index (χ0v) is 15.1. The second-order valence-corrected chi connectivity index (χ2v) is 5.96. The van der Waals surface area contributed by atoms with Crippen LogP contribution in [0.15, 0.2) is 54.6 Å². The Balaban J connectivity index is 0.000000190. The number of carboxylic acids is 1. The lowest BCUT2D eigenvalue weighted by atomic mass is 10.2. The quantitative estimate of drug-likeness (QED) is 0.674. The van der Waals surface area contributed by atoms with Gasteiger partial charge in [0.2, 0.25) is 0 Å². The first-order valence-electron chi connectivity index (χ1n) is 8.20. The van der Waals surface area contributed by atoms with Gasteiger partial charge in [-0.05, 0) is 24.3 Å². The molecule has 25 heavy (non-hydrogen) atoms. The van der Waals surface area contributed by atoms with E-state index in [-0.39, 0.29) is 0 Å². The summed E-state index contributed by atoms with van der Waals surface area (Å²) in [4.78, 5) is 10.2. The Morgan fingerprint density at radius 1 is 0.880 bits per heavy atom. The predicted octanol–water partition coefficient (Wildman–Crippen LogP) is 3.74. The van der Waals surface area contributed by atoms with Gasteiger partial charge in [0.15, 0.2) is 0 Å². The number of carbonyl (C=O) groups is 1. The molecule has 6 heteroatoms. The molecule has 0 amide bonds. The summed E-state index contributed by atoms with van der Waals surface area (Å²) in [7, 11) is 0. The van der Waals surface area contributed by atoms with Crippen molar-refractivity contribution in [2.24, 2.45) is 0 Å². The number of aromatic amines is 1. The van der Waals surface area contributed by atoms with Gasteiger partial charge in [0.25, 0.3) is 0 Å². The zero-order valence-electron chi connectivity index (χ0n) is 15.1. The van der Waals surface area contributed by atoms with Crippen LogP contribution in [0, 0.1) is 0 Å². The van der Waals surface area contributed by atoms with Crippen LogP contribution < -0.4 is 5.32 Å². The summed E-state index contributed by atoms with van der Waals surface area (Å²) in [5, 5.41) is 22.0. The van der Waals surface area contributed by atoms with Crippen molar-refractivity contribution >= 4 is 17.0 Å². The molecule has 3 N–H and O–H groups in total. The maximum atomic E-state index is 10.2. The highest BCUT2D eigenvalue weighted by Gasteiger charge is 1.96. The number of fused-ring (bicyclic) bond motifs is 1. The summed E-state index contributed by atoms with van der Waals surface area (Å²) < 4.78 is 0. The van der Waals surface area contributed by atoms with E-state index < -0.39 is 5.97 Å². The number of benzene rings is 2. The molecule has 0 radical (unpaired) electrons. The molecular weight excluding hydrogens is 316 g/mol. The summed E-state index contributed by atoms with van der Waals surface area (Å²) in [6, 6.07) is 17.2. The fourth-order valence-corrected chi connectivity index (χ4v) is 2.03. The minimum atomic E-state index is -0.879. The molecule has 134 valence electrons. The van der Waals surface area contributed by atoms with Crippen molar-refractivity contribution in [1.82, 2.24) is 20.7 Å². The standard InChI is InChI=1S/C7H6O2.C6H5N3.C6H15N/c8-7(9)6-4-2-1-3-5-6;1-2-4-6-5(3-1)7-9-8-6;1-5(2)7-6(3)4/h1-5H,(H,8,9);1-4H,(H,7,8,9);5-7H,1-4H3. The summed E-state index contributed by atoms with van der Waals surface area (Å²) in [6.45, 7) is 8.61. The van der Waals surface area contributed by atoms with E-state index in [2.05, 4.69) is 48.4 Å². The Hall–Kier alpha value is -2.73. The van der Waals surface area contributed by atoms with E-state index in [1.165, 1.54) is 0 Å². The molecule has 0 spiro atoms. The monoisotopic (exact) mass is 342 g/mol. The second kappa shape index (κ2) is 10.9. The van der Waals surface area contributed by atoms with E-state index in [0.717, 1.165) is 11.0 Å². The SMILES string of the molecule is CC(C)NC(C)C.O=C(O)c1ccccc1.c1ccc2n[nH]nc2c1. The van der Waals surface area contributed by atoms with Gasteiger partial charge >= 0.3 is 5.97 Å². The second-order valence-electron chi connectivity index (χ2n) is 5.96. The van der Waals surface area contributed by atoms with E-state index in [0.29, 0.717) is 17.6 Å². The minimum Gasteiger partial charge on any atom is -0.478 e. The van der Waals surface area contributed by atoms with Crippen molar-refractivity contribution in [1.29, 1.82) is 0 Å². The number of aromatic nitrogens is 3. The molecule has 2 aromatic carbocycles. The van der Waals surface area contributed by atoms with Gasteiger partial charge < -0.3 is 10.4 Å². The molecule has 3 aromatic rings. The number of hydrogen-bond donors (Lipinski definition) is 3. The third kappa shape index (κ3) is 8.62. The molecule has 0 aliphatic heterocycles. The summed E-state index contributed by atoms with van der Waals surface area (Å²) in [5.74, 6) is -0.879. The van der Waals surface area contributed by atoms with Crippen LogP contribution in [-0.2, 0) is 0 Å². The maximum absolute atomic E-state index is 10.2. The van der Waals surface area contributed by atoms with Gasteiger partial charge in [-0.3, -0.25) is 0 Å². The van der Waals surface area contributed by atoms with E-state index >= 15 is 0 Å². The van der Waals surface area contributed by atoms with E-state index in [1.807, 2.05) is 24.3 Å². The van der Waals surface area contributed by atoms with Crippen LogP contribution >= 0.6 is 0 Å². The predicted molar refractivity (Wildman–Crippen MR) is 101 cm³/mol. The third-order valence-electron chi connectivity index (χ3n) is 2.91. The number of para-hydroxylation sites is 2. The summed E-state index contributed by atoms with van der Waals surface area (Å²) in [5.41, 5.74) is 2.16. The first-order chi connectivity index (χ1) is 11.9. The number of aromatic carboxylic acids is 1. The molecule has 0 unspecified atom stereocenters. The molecule has 0 fully saturated rings. The molecule has 0 saturated carbocycles. The van der Waals surface area contributed by atoms with Crippen LogP contribution in [0.25, 0.3) is 11.0 Å². The molecule has 3 rings (SSSR count). The maximum Gasteiger partial charge on any atom is 0.335 e. The topological polar surface area (TPSA) is 90.9 Å². The van der Waals surface area contributed by atoms with E-state index in [9.17, 15) is 4.79 Å². The van der Waals surface area contributed by atoms with Crippen molar-refractivity contribution in [3.05, 3.63) is 60.2 Å². The largest absolute Gasteiger partial charge is 0.478 e. The smallest absolute Gasteiger partial charge is 0.335 e. The highest BCUT2D eigenvalue weighted by atomic mass is 16.4. The summed E-state index contributed by atoms with van der Waals surface area (Å²) in [6.07, 6.45) is 0. The highest BCUT2D eigenvalue weighted by Crippen LogP contribution is 2.03. The first-order valence-corrected chi connectivity index (χ1v) is 8.20. The lowest BCUT2D eigenvalue weighted by molar-refractivity contribution is 0.0697. The highest BCUT2D eigenvalue weighted by molar-refractivity contribution is 5.87. The van der Waals surface area contributed by atoms with Gasteiger partial charge in [-0.2, -0.15) is 15.4 Å². The number of nitrogens with one attached hydrogen (secondary N) is 2. The Morgan fingerprint density at radius 3 is 1.64 bits per heavy atom. The van der Waals surface area contributed by atoms with Crippen LogP contribution in [0.3, 0.4) is 0 Å². The van der Waals surface area contributed by atoms with Crippen LogP contribution in [0.1, 0.15) is 38.1 Å². The number of hydrogen-bond acceptors (Lipinski definition) is 4. The third-order valence-corrected chi connectivity index (χ3v) is 2.91. The van der Waals surface area contributed by atoms with E-state index in [4.69, 9.17) is 5.11 Å². The molecule has 0 aliphatic rings. The molecular formula is C19H26N4O2. The first kappa shape index (κ1) is 20.3. The van der Waals surface area contributed by atoms with Crippen molar-refractivity contribution < 1.29 is 9.90 Å². The minimum absolute atomic E-state index is 0.331. The zero-order chi connectivity index (χ0) is 18.7. The van der Waals surface area contributed by atoms with Crippen molar-refractivity contribution in [2.45, 2.75) is 39.8 Å². The molecule has 6 nitrogen and oxygen atoms in total. The molecule has 1 heterocycles. The Labute approximate surface area is 148 Å². The van der Waals surface area contributed by atoms with Gasteiger partial charge in [-0.1, -0.05) is 58.0 Å². The number of rotatable bonds is 3. The lowest BCUT2D eigenvalue weighted by Crippen LogP contribution is -2.29. The number of nitrogens with zero attached hydrogens (tertiary/aromatic N) is 2. The average Bonchev–Trinajstić information content (AvgIpc) is 3.04. The fourth-order valence-electron chi connectivity index (χ4n) is 2.03. The molecule has 0 saturated heterocycles. The van der Waals surface area contributed by atoms with Gasteiger partial charge in [0.1, 0.15) is 11.0 Å². The van der Waals surface area contributed by atoms with Gasteiger partial charge in [0, 0.05) is 12.1 Å². The van der Waals surface area contributed by atoms with Gasteiger partial charge in [-0.15, -0.1) is 0 Å². The Morgan fingerprint density at radius 2 is 1.32 bits per heavy atom. The molecule has 1 aromatic heterocycles. The van der Waals surface area contributed by atoms with Gasteiger partial charge in [0.05, 0.1) is 5.56 Å². The Kier molecular flexibility index (Phi) is 8.89.